The van der Waals surface area contributed by atoms with Gasteiger partial charge in [-0.05, 0) is 43.7 Å². The number of ether oxygens (including phenoxy) is 1. The van der Waals surface area contributed by atoms with E-state index >= 15 is 0 Å². The zero-order valence-electron chi connectivity index (χ0n) is 14.4. The Kier molecular flexibility index (Phi) is 4.57. The lowest BCUT2D eigenvalue weighted by molar-refractivity contribution is -0.118. The van der Waals surface area contributed by atoms with Gasteiger partial charge in [-0.2, -0.15) is 0 Å². The molecule has 1 heterocycles. The Hall–Kier alpha value is -3.08. The van der Waals surface area contributed by atoms with E-state index in [1.165, 1.54) is 4.57 Å². The summed E-state index contributed by atoms with van der Waals surface area (Å²) in [6.45, 7) is 3.53. The maximum absolute atomic E-state index is 12.7. The number of carbonyl (C=O) groups excluding carboxylic acids is 2. The van der Waals surface area contributed by atoms with Crippen molar-refractivity contribution in [1.29, 1.82) is 0 Å². The number of carbonyl (C=O) groups is 2. The molecule has 0 fully saturated rings. The van der Waals surface area contributed by atoms with Crippen LogP contribution in [0.25, 0.3) is 10.9 Å². The van der Waals surface area contributed by atoms with Gasteiger partial charge in [0.2, 0.25) is 11.8 Å². The number of fused-ring (bicyclic) bond motifs is 1. The maximum atomic E-state index is 12.7. The first kappa shape index (κ1) is 16.8. The van der Waals surface area contributed by atoms with Crippen LogP contribution >= 0.6 is 0 Å². The van der Waals surface area contributed by atoms with Crippen molar-refractivity contribution in [2.24, 2.45) is 5.92 Å². The average molecular weight is 336 g/mol. The number of hydrogen-bond donors (Lipinski definition) is 1. The second-order valence-electron chi connectivity index (χ2n) is 6.00. The fourth-order valence-corrected chi connectivity index (χ4v) is 2.76. The molecule has 5 nitrogen and oxygen atoms in total. The molecule has 0 radical (unpaired) electrons. The number of para-hydroxylation sites is 1. The minimum atomic E-state index is -0.832. The minimum Gasteiger partial charge on any atom is -0.495 e. The largest absolute Gasteiger partial charge is 0.495 e. The number of aromatic nitrogens is 1. The first-order chi connectivity index (χ1) is 12.0. The van der Waals surface area contributed by atoms with E-state index in [4.69, 9.17) is 4.74 Å². The molecule has 1 unspecified atom stereocenters. The summed E-state index contributed by atoms with van der Waals surface area (Å²) in [4.78, 5) is 25.3. The number of benzene rings is 2. The topological polar surface area (TPSA) is 60.3 Å². The summed E-state index contributed by atoms with van der Waals surface area (Å²) in [5, 5.41) is 3.76. The molecular weight excluding hydrogens is 316 g/mol. The van der Waals surface area contributed by atoms with Crippen LogP contribution in [0.15, 0.2) is 54.7 Å². The second kappa shape index (κ2) is 6.81. The van der Waals surface area contributed by atoms with E-state index in [-0.39, 0.29) is 11.8 Å². The third kappa shape index (κ3) is 3.26. The summed E-state index contributed by atoms with van der Waals surface area (Å²) in [5.41, 5.74) is 2.34. The van der Waals surface area contributed by atoms with Crippen molar-refractivity contribution in [3.05, 3.63) is 60.3 Å². The molecule has 3 aromatic rings. The van der Waals surface area contributed by atoms with E-state index in [1.807, 2.05) is 49.4 Å². The van der Waals surface area contributed by atoms with Crippen molar-refractivity contribution in [2.75, 3.05) is 12.4 Å². The first-order valence-corrected chi connectivity index (χ1v) is 8.07. The van der Waals surface area contributed by atoms with Gasteiger partial charge >= 0.3 is 0 Å². The van der Waals surface area contributed by atoms with Gasteiger partial charge in [0.05, 0.1) is 18.3 Å². The number of nitrogens with zero attached hydrogens (tertiary/aromatic N) is 1. The molecule has 0 spiro atoms. The van der Waals surface area contributed by atoms with Crippen LogP contribution in [-0.4, -0.2) is 23.5 Å². The predicted octanol–water partition coefficient (Wildman–Crippen LogP) is 3.87. The molecule has 0 bridgehead atoms. The molecule has 1 amide bonds. The lowest BCUT2D eigenvalue weighted by atomic mass is 10.1. The molecule has 3 rings (SSSR count). The third-order valence-electron chi connectivity index (χ3n) is 4.21. The van der Waals surface area contributed by atoms with Crippen LogP contribution < -0.4 is 10.1 Å². The molecule has 0 aliphatic carbocycles. The molecule has 128 valence electrons. The lowest BCUT2D eigenvalue weighted by Crippen LogP contribution is -2.30. The molecule has 1 atom stereocenters. The summed E-state index contributed by atoms with van der Waals surface area (Å²) in [6, 6.07) is 14.9. The summed E-state index contributed by atoms with van der Waals surface area (Å²) < 4.78 is 6.79. The Labute approximate surface area is 146 Å². The maximum Gasteiger partial charge on any atom is 0.243 e. The summed E-state index contributed by atoms with van der Waals surface area (Å²) >= 11 is 0. The van der Waals surface area contributed by atoms with Gasteiger partial charge in [0, 0.05) is 11.6 Å². The molecule has 25 heavy (non-hydrogen) atoms. The zero-order valence-corrected chi connectivity index (χ0v) is 14.4. The molecule has 2 aromatic carbocycles. The number of methoxy groups -OCH3 is 1. The number of amides is 1. The normalized spacial score (nSPS) is 12.0. The van der Waals surface area contributed by atoms with Gasteiger partial charge in [-0.1, -0.05) is 24.3 Å². The van der Waals surface area contributed by atoms with Gasteiger partial charge in [-0.25, -0.2) is 0 Å². The Morgan fingerprint density at radius 3 is 2.64 bits per heavy atom. The van der Waals surface area contributed by atoms with Crippen molar-refractivity contribution in [3.63, 3.8) is 0 Å². The fraction of sp³-hybridized carbons (Fsp3) is 0.200. The van der Waals surface area contributed by atoms with Crippen LogP contribution in [-0.2, 0) is 4.79 Å². The van der Waals surface area contributed by atoms with Crippen molar-refractivity contribution in [1.82, 2.24) is 4.57 Å². The van der Waals surface area contributed by atoms with Crippen molar-refractivity contribution >= 4 is 28.4 Å². The van der Waals surface area contributed by atoms with Gasteiger partial charge in [0.15, 0.2) is 0 Å². The van der Waals surface area contributed by atoms with Gasteiger partial charge in [-0.3, -0.25) is 14.2 Å². The first-order valence-electron chi connectivity index (χ1n) is 8.07. The van der Waals surface area contributed by atoms with Crippen LogP contribution in [0.5, 0.6) is 5.75 Å². The second-order valence-corrected chi connectivity index (χ2v) is 6.00. The van der Waals surface area contributed by atoms with Crippen molar-refractivity contribution in [3.8, 4) is 5.75 Å². The highest BCUT2D eigenvalue weighted by Gasteiger charge is 2.24. The van der Waals surface area contributed by atoms with Crippen LogP contribution in [0.4, 0.5) is 5.69 Å². The van der Waals surface area contributed by atoms with Gasteiger partial charge in [0.25, 0.3) is 0 Å². The van der Waals surface area contributed by atoms with Crippen LogP contribution in [0.3, 0.4) is 0 Å². The van der Waals surface area contributed by atoms with Crippen LogP contribution in [0.1, 0.15) is 17.3 Å². The highest BCUT2D eigenvalue weighted by molar-refractivity contribution is 6.09. The van der Waals surface area contributed by atoms with Crippen LogP contribution in [0, 0.1) is 12.8 Å². The Balaban J connectivity index is 1.83. The summed E-state index contributed by atoms with van der Waals surface area (Å²) in [7, 11) is 1.54. The monoisotopic (exact) mass is 336 g/mol. The van der Waals surface area contributed by atoms with E-state index in [2.05, 4.69) is 5.32 Å². The third-order valence-corrected chi connectivity index (χ3v) is 4.21. The number of aryl methyl sites for hydroxylation is 1. The van der Waals surface area contributed by atoms with E-state index in [9.17, 15) is 9.59 Å². The zero-order chi connectivity index (χ0) is 18.0. The predicted molar refractivity (Wildman–Crippen MR) is 98.1 cm³/mol. The van der Waals surface area contributed by atoms with Crippen molar-refractivity contribution < 1.29 is 14.3 Å². The molecule has 1 N–H and O–H groups in total. The van der Waals surface area contributed by atoms with Gasteiger partial charge < -0.3 is 10.1 Å². The SMILES string of the molecule is COc1ccc(C)cc1NC(=O)C(C)C(=O)n1ccc2ccccc21. The molecular formula is C20H20N2O3. The molecule has 0 aliphatic heterocycles. The Morgan fingerprint density at radius 1 is 1.12 bits per heavy atom. The highest BCUT2D eigenvalue weighted by Crippen LogP contribution is 2.26. The number of hydrogen-bond acceptors (Lipinski definition) is 3. The number of nitrogens with one attached hydrogen (secondary N) is 1. The Bertz CT molecular complexity index is 943. The van der Waals surface area contributed by atoms with Crippen molar-refractivity contribution in [2.45, 2.75) is 13.8 Å². The number of rotatable bonds is 4. The van der Waals surface area contributed by atoms with E-state index in [0.717, 1.165) is 16.5 Å². The quantitative estimate of drug-likeness (QED) is 0.736. The standard InChI is InChI=1S/C20H20N2O3/c1-13-8-9-18(25-3)16(12-13)21-19(23)14(2)20(24)22-11-10-15-6-4-5-7-17(15)22/h4-12,14H,1-3H3,(H,21,23). The highest BCUT2D eigenvalue weighted by atomic mass is 16.5. The van der Waals surface area contributed by atoms with Crippen LogP contribution in [0.2, 0.25) is 0 Å². The molecule has 0 saturated carbocycles. The van der Waals surface area contributed by atoms with E-state index in [1.54, 1.807) is 26.3 Å². The van der Waals surface area contributed by atoms with Gasteiger partial charge in [0.1, 0.15) is 11.7 Å². The molecule has 1 aromatic heterocycles. The summed E-state index contributed by atoms with van der Waals surface area (Å²) in [5.74, 6) is -0.914. The smallest absolute Gasteiger partial charge is 0.243 e. The fourth-order valence-electron chi connectivity index (χ4n) is 2.76. The average Bonchev–Trinajstić information content (AvgIpc) is 3.04. The summed E-state index contributed by atoms with van der Waals surface area (Å²) in [6.07, 6.45) is 1.70. The minimum absolute atomic E-state index is 0.273. The van der Waals surface area contributed by atoms with E-state index < -0.39 is 5.92 Å². The van der Waals surface area contributed by atoms with Gasteiger partial charge in [-0.15, -0.1) is 0 Å². The molecule has 0 saturated heterocycles. The number of anilines is 1. The molecule has 0 aliphatic rings. The Morgan fingerprint density at radius 2 is 1.88 bits per heavy atom. The molecule has 5 heteroatoms. The van der Waals surface area contributed by atoms with E-state index in [0.29, 0.717) is 11.4 Å². The lowest BCUT2D eigenvalue weighted by Gasteiger charge is -2.15.